The van der Waals surface area contributed by atoms with Crippen LogP contribution in [0.5, 0.6) is 0 Å². The first-order valence-electron chi connectivity index (χ1n) is 4.89. The van der Waals surface area contributed by atoms with E-state index >= 15 is 0 Å². The number of aliphatic hydroxyl groups is 1. The van der Waals surface area contributed by atoms with Crippen molar-refractivity contribution in [1.29, 1.82) is 0 Å². The number of aliphatic hydroxyl groups excluding tert-OH is 1. The van der Waals surface area contributed by atoms with Crippen LogP contribution >= 0.6 is 0 Å². The molecular weight excluding hydrogens is 182 g/mol. The van der Waals surface area contributed by atoms with Crippen molar-refractivity contribution >= 4 is 6.09 Å². The highest BCUT2D eigenvalue weighted by atomic mass is 16.6. The number of nitrogens with one attached hydrogen (secondary N) is 1. The molecule has 1 amide bonds. The minimum Gasteiger partial charge on any atom is -0.443 e. The molecule has 1 saturated carbocycles. The second-order valence-electron chi connectivity index (χ2n) is 5.28. The zero-order chi connectivity index (χ0) is 11.0. The molecule has 0 atom stereocenters. The highest BCUT2D eigenvalue weighted by Gasteiger charge is 2.43. The number of ether oxygens (including phenoxy) is 1. The van der Waals surface area contributed by atoms with Crippen LogP contribution in [-0.4, -0.2) is 28.4 Å². The van der Waals surface area contributed by atoms with Crippen LogP contribution in [0.1, 0.15) is 40.5 Å². The third-order valence-corrected chi connectivity index (χ3v) is 2.15. The van der Waals surface area contributed by atoms with E-state index in [4.69, 9.17) is 9.84 Å². The summed E-state index contributed by atoms with van der Waals surface area (Å²) in [6, 6.07) is 0. The standard InChI is InChI=1S/C10H19NO3/c1-9(2,3)11-8(13)14-10(4)5-7(12)6-10/h7,12H,5-6H2,1-4H3,(H,11,13). The van der Waals surface area contributed by atoms with Gasteiger partial charge in [-0.2, -0.15) is 0 Å². The van der Waals surface area contributed by atoms with Gasteiger partial charge in [-0.05, 0) is 27.7 Å². The van der Waals surface area contributed by atoms with Crippen LogP contribution in [0.4, 0.5) is 4.79 Å². The van der Waals surface area contributed by atoms with Gasteiger partial charge in [0.15, 0.2) is 0 Å². The summed E-state index contributed by atoms with van der Waals surface area (Å²) in [5.74, 6) is 0. The van der Waals surface area contributed by atoms with Crippen LogP contribution in [-0.2, 0) is 4.74 Å². The van der Waals surface area contributed by atoms with E-state index in [-0.39, 0.29) is 11.6 Å². The van der Waals surface area contributed by atoms with E-state index < -0.39 is 11.7 Å². The Morgan fingerprint density at radius 1 is 1.50 bits per heavy atom. The molecule has 1 aliphatic carbocycles. The fourth-order valence-electron chi connectivity index (χ4n) is 1.58. The van der Waals surface area contributed by atoms with E-state index in [2.05, 4.69) is 5.32 Å². The van der Waals surface area contributed by atoms with Gasteiger partial charge in [0.2, 0.25) is 0 Å². The minimum absolute atomic E-state index is 0.282. The van der Waals surface area contributed by atoms with Crippen molar-refractivity contribution in [1.82, 2.24) is 5.32 Å². The molecule has 4 nitrogen and oxygen atoms in total. The first-order valence-corrected chi connectivity index (χ1v) is 4.89. The molecule has 4 heteroatoms. The Balaban J connectivity index is 2.35. The summed E-state index contributed by atoms with van der Waals surface area (Å²) >= 11 is 0. The van der Waals surface area contributed by atoms with E-state index in [0.717, 1.165) is 0 Å². The summed E-state index contributed by atoms with van der Waals surface area (Å²) in [5, 5.41) is 11.8. The van der Waals surface area contributed by atoms with Crippen LogP contribution in [0.25, 0.3) is 0 Å². The molecular formula is C10H19NO3. The van der Waals surface area contributed by atoms with Gasteiger partial charge in [0.1, 0.15) is 5.60 Å². The van der Waals surface area contributed by atoms with E-state index in [0.29, 0.717) is 12.8 Å². The zero-order valence-electron chi connectivity index (χ0n) is 9.26. The molecule has 2 N–H and O–H groups in total. The molecule has 14 heavy (non-hydrogen) atoms. The predicted molar refractivity (Wildman–Crippen MR) is 53.0 cm³/mol. The van der Waals surface area contributed by atoms with E-state index in [1.54, 1.807) is 0 Å². The maximum atomic E-state index is 11.4. The lowest BCUT2D eigenvalue weighted by Crippen LogP contribution is -2.52. The number of amides is 1. The van der Waals surface area contributed by atoms with Gasteiger partial charge in [-0.15, -0.1) is 0 Å². The van der Waals surface area contributed by atoms with Gasteiger partial charge >= 0.3 is 6.09 Å². The Kier molecular flexibility index (Phi) is 2.76. The average molecular weight is 201 g/mol. The largest absolute Gasteiger partial charge is 0.443 e. The highest BCUT2D eigenvalue weighted by molar-refractivity contribution is 5.68. The minimum atomic E-state index is -0.477. The van der Waals surface area contributed by atoms with Gasteiger partial charge in [0.25, 0.3) is 0 Å². The van der Waals surface area contributed by atoms with Crippen molar-refractivity contribution < 1.29 is 14.6 Å². The van der Waals surface area contributed by atoms with Crippen molar-refractivity contribution in [2.75, 3.05) is 0 Å². The first kappa shape index (κ1) is 11.3. The van der Waals surface area contributed by atoms with Gasteiger partial charge in [-0.1, -0.05) is 0 Å². The van der Waals surface area contributed by atoms with Crippen LogP contribution in [0, 0.1) is 0 Å². The molecule has 1 rings (SSSR count). The van der Waals surface area contributed by atoms with E-state index in [9.17, 15) is 4.79 Å². The predicted octanol–water partition coefficient (Wildman–Crippen LogP) is 1.42. The number of carbonyl (C=O) groups is 1. The highest BCUT2D eigenvalue weighted by Crippen LogP contribution is 2.35. The Labute approximate surface area is 84.6 Å². The molecule has 1 fully saturated rings. The maximum absolute atomic E-state index is 11.4. The van der Waals surface area contributed by atoms with E-state index in [1.165, 1.54) is 0 Å². The second kappa shape index (κ2) is 3.42. The molecule has 82 valence electrons. The Morgan fingerprint density at radius 2 is 2.00 bits per heavy atom. The summed E-state index contributed by atoms with van der Waals surface area (Å²) in [5.41, 5.74) is -0.759. The van der Waals surface area contributed by atoms with Crippen molar-refractivity contribution in [2.24, 2.45) is 0 Å². The lowest BCUT2D eigenvalue weighted by Gasteiger charge is -2.41. The third kappa shape index (κ3) is 3.18. The van der Waals surface area contributed by atoms with Crippen molar-refractivity contribution in [3.8, 4) is 0 Å². The van der Waals surface area contributed by atoms with Gasteiger partial charge < -0.3 is 15.2 Å². The third-order valence-electron chi connectivity index (χ3n) is 2.15. The lowest BCUT2D eigenvalue weighted by molar-refractivity contribution is -0.105. The van der Waals surface area contributed by atoms with Crippen molar-refractivity contribution in [2.45, 2.75) is 57.8 Å². The Bertz CT molecular complexity index is 226. The topological polar surface area (TPSA) is 58.6 Å². The first-order chi connectivity index (χ1) is 6.20. The normalized spacial score (nSPS) is 31.9. The molecule has 0 bridgehead atoms. The van der Waals surface area contributed by atoms with Crippen LogP contribution in [0.15, 0.2) is 0 Å². The van der Waals surface area contributed by atoms with Crippen molar-refractivity contribution in [3.63, 3.8) is 0 Å². The molecule has 1 aliphatic rings. The van der Waals surface area contributed by atoms with Gasteiger partial charge in [0, 0.05) is 18.4 Å². The molecule has 0 aromatic rings. The fourth-order valence-corrected chi connectivity index (χ4v) is 1.58. The Morgan fingerprint density at radius 3 is 2.36 bits per heavy atom. The van der Waals surface area contributed by atoms with Gasteiger partial charge in [-0.3, -0.25) is 0 Å². The smallest absolute Gasteiger partial charge is 0.408 e. The second-order valence-corrected chi connectivity index (χ2v) is 5.28. The molecule has 0 heterocycles. The molecule has 0 saturated heterocycles. The van der Waals surface area contributed by atoms with Gasteiger partial charge in [0.05, 0.1) is 6.10 Å². The number of hydrogen-bond donors (Lipinski definition) is 2. The summed E-state index contributed by atoms with van der Waals surface area (Å²) in [4.78, 5) is 11.4. The number of carbonyl (C=O) groups excluding carboxylic acids is 1. The molecule has 0 radical (unpaired) electrons. The summed E-state index contributed by atoms with van der Waals surface area (Å²) in [6.07, 6.45) is 0.337. The molecule has 0 aliphatic heterocycles. The monoisotopic (exact) mass is 201 g/mol. The summed E-state index contributed by atoms with van der Waals surface area (Å²) in [7, 11) is 0. The van der Waals surface area contributed by atoms with Crippen LogP contribution in [0.2, 0.25) is 0 Å². The Hall–Kier alpha value is -0.770. The fraction of sp³-hybridized carbons (Fsp3) is 0.900. The molecule has 0 spiro atoms. The molecule has 0 unspecified atom stereocenters. The quantitative estimate of drug-likeness (QED) is 0.674. The van der Waals surface area contributed by atoms with Crippen LogP contribution in [0.3, 0.4) is 0 Å². The van der Waals surface area contributed by atoms with E-state index in [1.807, 2.05) is 27.7 Å². The molecule has 0 aromatic heterocycles. The number of rotatable bonds is 1. The van der Waals surface area contributed by atoms with Crippen molar-refractivity contribution in [3.05, 3.63) is 0 Å². The lowest BCUT2D eigenvalue weighted by atomic mass is 9.79. The zero-order valence-corrected chi connectivity index (χ0v) is 9.26. The number of alkyl carbamates (subject to hydrolysis) is 1. The SMILES string of the molecule is CC(C)(C)NC(=O)OC1(C)CC(O)C1. The number of hydrogen-bond acceptors (Lipinski definition) is 3. The van der Waals surface area contributed by atoms with Gasteiger partial charge in [-0.25, -0.2) is 4.79 Å². The van der Waals surface area contributed by atoms with Crippen LogP contribution < -0.4 is 5.32 Å². The average Bonchev–Trinajstić information content (AvgIpc) is 1.76. The maximum Gasteiger partial charge on any atom is 0.408 e. The summed E-state index contributed by atoms with van der Waals surface area (Å²) < 4.78 is 5.21. The molecule has 0 aromatic carbocycles. The summed E-state index contributed by atoms with van der Waals surface area (Å²) in [6.45, 7) is 7.52.